The molecule has 0 aliphatic heterocycles. The Morgan fingerprint density at radius 3 is 2.74 bits per heavy atom. The number of nitrogen functional groups attached to an aromatic ring is 1. The van der Waals surface area contributed by atoms with Crippen molar-refractivity contribution in [1.82, 2.24) is 4.98 Å². The largest absolute Gasteiger partial charge is 0.450 e. The van der Waals surface area contributed by atoms with E-state index in [1.165, 1.54) is 0 Å². The molecule has 0 atom stereocenters. The van der Waals surface area contributed by atoms with Crippen molar-refractivity contribution in [2.24, 2.45) is 0 Å². The smallest absolute Gasteiger partial charge is 0.397 e. The SMILES string of the molecule is CCOc1nc2c(C(C)C)c(N)cc(C)c2c(=O)o1. The van der Waals surface area contributed by atoms with E-state index in [1.807, 2.05) is 20.8 Å². The van der Waals surface area contributed by atoms with Gasteiger partial charge in [-0.05, 0) is 31.4 Å². The minimum Gasteiger partial charge on any atom is -0.450 e. The molecule has 0 unspecified atom stereocenters. The second-order valence-corrected chi connectivity index (χ2v) is 4.77. The van der Waals surface area contributed by atoms with Crippen LogP contribution in [0.15, 0.2) is 15.3 Å². The standard InChI is InChI=1S/C14H18N2O3/c1-5-18-14-16-12-10(7(2)3)9(15)6-8(4)11(12)13(17)19-14/h6-7H,5,15H2,1-4H3. The summed E-state index contributed by atoms with van der Waals surface area (Å²) in [5.41, 5.74) is 8.45. The summed E-state index contributed by atoms with van der Waals surface area (Å²) >= 11 is 0. The molecule has 0 radical (unpaired) electrons. The predicted molar refractivity (Wildman–Crippen MR) is 74.7 cm³/mol. The molecule has 2 aromatic rings. The molecular weight excluding hydrogens is 244 g/mol. The Bertz CT molecular complexity index is 674. The van der Waals surface area contributed by atoms with Gasteiger partial charge in [-0.15, -0.1) is 0 Å². The van der Waals surface area contributed by atoms with E-state index < -0.39 is 5.63 Å². The summed E-state index contributed by atoms with van der Waals surface area (Å²) in [7, 11) is 0. The molecule has 5 nitrogen and oxygen atoms in total. The first-order chi connectivity index (χ1) is 8.95. The first-order valence-electron chi connectivity index (χ1n) is 6.32. The second kappa shape index (κ2) is 4.91. The van der Waals surface area contributed by atoms with E-state index >= 15 is 0 Å². The molecule has 0 bridgehead atoms. The molecule has 0 spiro atoms. The third-order valence-corrected chi connectivity index (χ3v) is 3.00. The summed E-state index contributed by atoms with van der Waals surface area (Å²) in [5, 5.41) is 0.473. The Balaban J connectivity index is 2.90. The van der Waals surface area contributed by atoms with Gasteiger partial charge in [0.05, 0.1) is 17.5 Å². The number of nitrogens with two attached hydrogens (primary N) is 1. The third-order valence-electron chi connectivity index (χ3n) is 3.00. The molecule has 1 aromatic heterocycles. The van der Waals surface area contributed by atoms with Crippen LogP contribution >= 0.6 is 0 Å². The van der Waals surface area contributed by atoms with Crippen LogP contribution in [0, 0.1) is 6.92 Å². The van der Waals surface area contributed by atoms with Crippen LogP contribution in [0.2, 0.25) is 0 Å². The lowest BCUT2D eigenvalue weighted by Gasteiger charge is -2.14. The number of hydrogen-bond donors (Lipinski definition) is 1. The molecule has 0 aliphatic rings. The molecule has 0 saturated heterocycles. The number of ether oxygens (including phenoxy) is 1. The van der Waals surface area contributed by atoms with Crippen molar-refractivity contribution in [3.05, 3.63) is 27.6 Å². The topological polar surface area (TPSA) is 78.4 Å². The normalized spacial score (nSPS) is 11.2. The first kappa shape index (κ1) is 13.4. The average Bonchev–Trinajstić information content (AvgIpc) is 2.27. The highest BCUT2D eigenvalue weighted by Gasteiger charge is 2.18. The monoisotopic (exact) mass is 262 g/mol. The molecule has 2 N–H and O–H groups in total. The average molecular weight is 262 g/mol. The van der Waals surface area contributed by atoms with E-state index in [2.05, 4.69) is 4.98 Å². The summed E-state index contributed by atoms with van der Waals surface area (Å²) in [6.45, 7) is 8.04. The Hall–Kier alpha value is -2.04. The van der Waals surface area contributed by atoms with Crippen LogP contribution in [0.5, 0.6) is 6.08 Å². The summed E-state index contributed by atoms with van der Waals surface area (Å²) in [6, 6.07) is 1.79. The molecule has 1 heterocycles. The lowest BCUT2D eigenvalue weighted by Crippen LogP contribution is -2.10. The maximum atomic E-state index is 12.1. The fourth-order valence-corrected chi connectivity index (χ4v) is 2.25. The molecule has 0 saturated carbocycles. The highest BCUT2D eigenvalue weighted by atomic mass is 16.6. The van der Waals surface area contributed by atoms with E-state index in [4.69, 9.17) is 14.9 Å². The summed E-state index contributed by atoms with van der Waals surface area (Å²) in [6.07, 6.45) is -0.00750. The van der Waals surface area contributed by atoms with Crippen LogP contribution in [0.25, 0.3) is 10.9 Å². The molecule has 102 valence electrons. The quantitative estimate of drug-likeness (QED) is 0.860. The molecule has 0 fully saturated rings. The van der Waals surface area contributed by atoms with Gasteiger partial charge in [-0.3, -0.25) is 0 Å². The highest BCUT2D eigenvalue weighted by molar-refractivity contribution is 5.89. The minimum absolute atomic E-state index is 0.00750. The van der Waals surface area contributed by atoms with Crippen LogP contribution in [-0.2, 0) is 0 Å². The molecule has 0 aliphatic carbocycles. The van der Waals surface area contributed by atoms with Crippen molar-refractivity contribution >= 4 is 16.6 Å². The number of rotatable bonds is 3. The molecule has 19 heavy (non-hydrogen) atoms. The van der Waals surface area contributed by atoms with E-state index in [0.717, 1.165) is 11.1 Å². The Kier molecular flexibility index (Phi) is 3.46. The number of aryl methyl sites for hydroxylation is 1. The van der Waals surface area contributed by atoms with Crippen molar-refractivity contribution in [2.45, 2.75) is 33.6 Å². The third kappa shape index (κ3) is 2.28. The van der Waals surface area contributed by atoms with Gasteiger partial charge in [0, 0.05) is 11.3 Å². The predicted octanol–water partition coefficient (Wildman–Crippen LogP) is 2.60. The fraction of sp³-hybridized carbons (Fsp3) is 0.429. The summed E-state index contributed by atoms with van der Waals surface area (Å²) in [5.74, 6) is 0.159. The number of benzene rings is 1. The van der Waals surface area contributed by atoms with Crippen LogP contribution in [0.4, 0.5) is 5.69 Å². The maximum absolute atomic E-state index is 12.1. The van der Waals surface area contributed by atoms with Crippen molar-refractivity contribution in [3.63, 3.8) is 0 Å². The van der Waals surface area contributed by atoms with Gasteiger partial charge >= 0.3 is 11.7 Å². The second-order valence-electron chi connectivity index (χ2n) is 4.77. The van der Waals surface area contributed by atoms with E-state index in [0.29, 0.717) is 23.2 Å². The molecule has 5 heteroatoms. The Morgan fingerprint density at radius 2 is 2.16 bits per heavy atom. The van der Waals surface area contributed by atoms with Gasteiger partial charge < -0.3 is 14.9 Å². The lowest BCUT2D eigenvalue weighted by atomic mass is 9.96. The van der Waals surface area contributed by atoms with Crippen LogP contribution < -0.4 is 16.1 Å². The molecule has 2 rings (SSSR count). The van der Waals surface area contributed by atoms with Crippen molar-refractivity contribution in [1.29, 1.82) is 0 Å². The zero-order valence-corrected chi connectivity index (χ0v) is 11.6. The zero-order valence-electron chi connectivity index (χ0n) is 11.6. The van der Waals surface area contributed by atoms with Gasteiger partial charge in [0.25, 0.3) is 0 Å². The van der Waals surface area contributed by atoms with Gasteiger partial charge in [0.2, 0.25) is 0 Å². The van der Waals surface area contributed by atoms with E-state index in [9.17, 15) is 4.79 Å². The molecular formula is C14H18N2O3. The summed E-state index contributed by atoms with van der Waals surface area (Å²) in [4.78, 5) is 16.4. The minimum atomic E-state index is -0.437. The maximum Gasteiger partial charge on any atom is 0.397 e. The first-order valence-corrected chi connectivity index (χ1v) is 6.32. The number of nitrogens with zero attached hydrogens (tertiary/aromatic N) is 1. The van der Waals surface area contributed by atoms with Crippen molar-refractivity contribution in [2.75, 3.05) is 12.3 Å². The van der Waals surface area contributed by atoms with Crippen LogP contribution in [0.3, 0.4) is 0 Å². The number of aromatic nitrogens is 1. The van der Waals surface area contributed by atoms with Gasteiger partial charge in [0.1, 0.15) is 0 Å². The fourth-order valence-electron chi connectivity index (χ4n) is 2.25. The van der Waals surface area contributed by atoms with Crippen molar-refractivity contribution in [3.8, 4) is 6.08 Å². The van der Waals surface area contributed by atoms with Gasteiger partial charge in [-0.2, -0.15) is 4.98 Å². The Morgan fingerprint density at radius 1 is 1.47 bits per heavy atom. The van der Waals surface area contributed by atoms with E-state index in [-0.39, 0.29) is 12.0 Å². The van der Waals surface area contributed by atoms with Gasteiger partial charge in [-0.25, -0.2) is 4.79 Å². The number of anilines is 1. The summed E-state index contributed by atoms with van der Waals surface area (Å²) < 4.78 is 10.2. The Labute approximate surface area is 111 Å². The zero-order chi connectivity index (χ0) is 14.2. The lowest BCUT2D eigenvalue weighted by molar-refractivity contribution is 0.229. The number of fused-ring (bicyclic) bond motifs is 1. The number of hydrogen-bond acceptors (Lipinski definition) is 5. The van der Waals surface area contributed by atoms with Gasteiger partial charge in [0.15, 0.2) is 0 Å². The van der Waals surface area contributed by atoms with Gasteiger partial charge in [-0.1, -0.05) is 13.8 Å². The molecule has 0 amide bonds. The van der Waals surface area contributed by atoms with E-state index in [1.54, 1.807) is 13.0 Å². The molecule has 1 aromatic carbocycles. The van der Waals surface area contributed by atoms with Crippen LogP contribution in [0.1, 0.15) is 37.8 Å². The highest BCUT2D eigenvalue weighted by Crippen LogP contribution is 2.31. The van der Waals surface area contributed by atoms with Crippen LogP contribution in [-0.4, -0.2) is 11.6 Å². The van der Waals surface area contributed by atoms with Crippen molar-refractivity contribution < 1.29 is 9.15 Å².